The maximum Gasteiger partial charge on any atom is 0.261 e. The molecule has 160 valence electrons. The summed E-state index contributed by atoms with van der Waals surface area (Å²) in [5, 5.41) is 11.2. The first-order valence-corrected chi connectivity index (χ1v) is 10.8. The highest BCUT2D eigenvalue weighted by Gasteiger charge is 2.19. The van der Waals surface area contributed by atoms with Gasteiger partial charge in [-0.1, -0.05) is 35.9 Å². The maximum atomic E-state index is 12.1. The Morgan fingerprint density at radius 3 is 2.74 bits per heavy atom. The summed E-state index contributed by atoms with van der Waals surface area (Å²) < 4.78 is 5.93. The van der Waals surface area contributed by atoms with Gasteiger partial charge in [0.25, 0.3) is 5.91 Å². The zero-order chi connectivity index (χ0) is 21.8. The minimum absolute atomic E-state index is 0.177. The number of nitrogens with zero attached hydrogens (tertiary/aromatic N) is 1. The van der Waals surface area contributed by atoms with Crippen molar-refractivity contribution in [2.45, 2.75) is 12.6 Å². The highest BCUT2D eigenvalue weighted by Crippen LogP contribution is 2.22. The fourth-order valence-corrected chi connectivity index (χ4v) is 4.07. The highest BCUT2D eigenvalue weighted by atomic mass is 35.5. The third-order valence-corrected chi connectivity index (χ3v) is 5.99. The van der Waals surface area contributed by atoms with Crippen LogP contribution in [-0.4, -0.2) is 36.3 Å². The number of hydrogen-bond acceptors (Lipinski definition) is 6. The summed E-state index contributed by atoms with van der Waals surface area (Å²) in [6, 6.07) is 14.8. The van der Waals surface area contributed by atoms with Crippen molar-refractivity contribution in [1.29, 1.82) is 5.41 Å². The second-order valence-corrected chi connectivity index (χ2v) is 8.73. The molecule has 0 radical (unpaired) electrons. The lowest BCUT2D eigenvalue weighted by Gasteiger charge is -2.19. The molecule has 4 rings (SSSR count). The standard InChI is InChI=1S/C22H21ClN4O3S/c1-27(13-16-3-2-10-29-16)21(24)15-6-4-14(5-7-15)18-11-17(30-26-18)12-25-22(28)19-8-9-20(23)31-19/h2-11,17,24,26H,12-13H2,1H3,(H,25,28). The van der Waals surface area contributed by atoms with Crippen molar-refractivity contribution in [3.8, 4) is 0 Å². The summed E-state index contributed by atoms with van der Waals surface area (Å²) in [7, 11) is 1.86. The Morgan fingerprint density at radius 1 is 1.26 bits per heavy atom. The number of furan rings is 1. The van der Waals surface area contributed by atoms with Crippen LogP contribution in [0.3, 0.4) is 0 Å². The normalized spacial score (nSPS) is 15.3. The number of halogens is 1. The second-order valence-electron chi connectivity index (χ2n) is 7.01. The number of nitrogens with one attached hydrogen (secondary N) is 3. The molecule has 1 aliphatic rings. The molecule has 0 bridgehead atoms. The molecule has 31 heavy (non-hydrogen) atoms. The molecule has 1 unspecified atom stereocenters. The molecule has 1 atom stereocenters. The monoisotopic (exact) mass is 456 g/mol. The minimum Gasteiger partial charge on any atom is -0.467 e. The van der Waals surface area contributed by atoms with Gasteiger partial charge in [-0.3, -0.25) is 20.5 Å². The van der Waals surface area contributed by atoms with Gasteiger partial charge in [0, 0.05) is 12.6 Å². The fourth-order valence-electron chi connectivity index (χ4n) is 3.11. The molecule has 7 nitrogen and oxygen atoms in total. The van der Waals surface area contributed by atoms with E-state index in [2.05, 4.69) is 10.8 Å². The molecule has 9 heteroatoms. The Morgan fingerprint density at radius 2 is 2.06 bits per heavy atom. The molecule has 0 saturated heterocycles. The lowest BCUT2D eigenvalue weighted by molar-refractivity contribution is 0.0499. The summed E-state index contributed by atoms with van der Waals surface area (Å²) in [5.74, 6) is 1.03. The smallest absolute Gasteiger partial charge is 0.261 e. The number of benzene rings is 1. The van der Waals surface area contributed by atoms with Crippen LogP contribution in [0.5, 0.6) is 0 Å². The van der Waals surface area contributed by atoms with Crippen LogP contribution < -0.4 is 10.8 Å². The second kappa shape index (κ2) is 9.38. The van der Waals surface area contributed by atoms with Gasteiger partial charge in [-0.05, 0) is 35.9 Å². The first-order valence-electron chi connectivity index (χ1n) is 9.59. The molecule has 0 fully saturated rings. The SMILES string of the molecule is CN(Cc1ccco1)C(=N)c1ccc(C2=CC(CNC(=O)c3ccc(Cl)s3)ON2)cc1. The average Bonchev–Trinajstić information content (AvgIpc) is 3.54. The summed E-state index contributed by atoms with van der Waals surface area (Å²) in [5.41, 5.74) is 5.46. The van der Waals surface area contributed by atoms with Crippen LogP contribution >= 0.6 is 22.9 Å². The van der Waals surface area contributed by atoms with Crippen molar-refractivity contribution >= 4 is 40.4 Å². The van der Waals surface area contributed by atoms with E-state index in [1.165, 1.54) is 11.3 Å². The number of carbonyl (C=O) groups excluding carboxylic acids is 1. The van der Waals surface area contributed by atoms with Crippen LogP contribution in [0.15, 0.2) is 65.3 Å². The van der Waals surface area contributed by atoms with Gasteiger partial charge in [-0.15, -0.1) is 11.3 Å². The number of amides is 1. The van der Waals surface area contributed by atoms with Crippen molar-refractivity contribution in [3.05, 3.63) is 87.0 Å². The van der Waals surface area contributed by atoms with E-state index in [1.807, 2.05) is 54.4 Å². The molecule has 3 heterocycles. The van der Waals surface area contributed by atoms with Gasteiger partial charge in [0.1, 0.15) is 17.7 Å². The number of hydroxylamine groups is 1. The number of carbonyl (C=O) groups is 1. The third kappa shape index (κ3) is 5.16. The first kappa shape index (κ1) is 21.2. The first-order chi connectivity index (χ1) is 15.0. The van der Waals surface area contributed by atoms with E-state index in [4.69, 9.17) is 26.3 Å². The number of rotatable bonds is 7. The van der Waals surface area contributed by atoms with Crippen molar-refractivity contribution in [2.24, 2.45) is 0 Å². The molecular formula is C22H21ClN4O3S. The summed E-state index contributed by atoms with van der Waals surface area (Å²) in [4.78, 5) is 20.1. The minimum atomic E-state index is -0.285. The largest absolute Gasteiger partial charge is 0.467 e. The van der Waals surface area contributed by atoms with E-state index in [0.717, 1.165) is 22.6 Å². The number of amidine groups is 1. The van der Waals surface area contributed by atoms with Crippen LogP contribution in [-0.2, 0) is 11.4 Å². The average molecular weight is 457 g/mol. The summed E-state index contributed by atoms with van der Waals surface area (Å²) in [6.07, 6.45) is 3.26. The number of hydrogen-bond donors (Lipinski definition) is 3. The van der Waals surface area contributed by atoms with Crippen LogP contribution in [0, 0.1) is 5.41 Å². The third-order valence-electron chi connectivity index (χ3n) is 4.76. The van der Waals surface area contributed by atoms with Gasteiger partial charge in [-0.25, -0.2) is 0 Å². The molecule has 2 aromatic heterocycles. The highest BCUT2D eigenvalue weighted by molar-refractivity contribution is 7.18. The molecule has 1 aromatic carbocycles. The van der Waals surface area contributed by atoms with Crippen LogP contribution in [0.1, 0.15) is 26.6 Å². The summed E-state index contributed by atoms with van der Waals surface area (Å²) in [6.45, 7) is 0.865. The molecule has 3 N–H and O–H groups in total. The van der Waals surface area contributed by atoms with Crippen molar-refractivity contribution < 1.29 is 14.0 Å². The van der Waals surface area contributed by atoms with Gasteiger partial charge < -0.3 is 14.6 Å². The van der Waals surface area contributed by atoms with Gasteiger partial charge in [-0.2, -0.15) is 0 Å². The Bertz CT molecular complexity index is 1090. The predicted molar refractivity (Wildman–Crippen MR) is 121 cm³/mol. The quantitative estimate of drug-likeness (QED) is 0.367. The lowest BCUT2D eigenvalue weighted by atomic mass is 10.1. The van der Waals surface area contributed by atoms with Gasteiger partial charge >= 0.3 is 0 Å². The van der Waals surface area contributed by atoms with Gasteiger partial charge in [0.2, 0.25) is 0 Å². The molecule has 0 spiro atoms. The molecular weight excluding hydrogens is 436 g/mol. The van der Waals surface area contributed by atoms with Crippen molar-refractivity contribution in [3.63, 3.8) is 0 Å². The Hall–Kier alpha value is -3.07. The molecule has 1 aliphatic heterocycles. The van der Waals surface area contributed by atoms with E-state index >= 15 is 0 Å². The van der Waals surface area contributed by atoms with E-state index in [0.29, 0.717) is 28.1 Å². The Labute approximate surface area is 188 Å². The predicted octanol–water partition coefficient (Wildman–Crippen LogP) is 4.13. The van der Waals surface area contributed by atoms with Crippen LogP contribution in [0.25, 0.3) is 5.70 Å². The zero-order valence-corrected chi connectivity index (χ0v) is 18.3. The molecule has 3 aromatic rings. The van der Waals surface area contributed by atoms with Gasteiger partial charge in [0.15, 0.2) is 0 Å². The molecule has 1 amide bonds. The Balaban J connectivity index is 1.33. The van der Waals surface area contributed by atoms with E-state index in [9.17, 15) is 4.79 Å². The molecule has 0 saturated carbocycles. The van der Waals surface area contributed by atoms with Gasteiger partial charge in [0.05, 0.1) is 34.3 Å². The lowest BCUT2D eigenvalue weighted by Crippen LogP contribution is -2.31. The van der Waals surface area contributed by atoms with E-state index < -0.39 is 0 Å². The van der Waals surface area contributed by atoms with Crippen molar-refractivity contribution in [2.75, 3.05) is 13.6 Å². The van der Waals surface area contributed by atoms with E-state index in [1.54, 1.807) is 18.4 Å². The van der Waals surface area contributed by atoms with Crippen LogP contribution in [0.2, 0.25) is 4.34 Å². The van der Waals surface area contributed by atoms with Crippen molar-refractivity contribution in [1.82, 2.24) is 15.7 Å². The Kier molecular flexibility index (Phi) is 6.41. The zero-order valence-electron chi connectivity index (χ0n) is 16.7. The topological polar surface area (TPSA) is 90.6 Å². The number of thiophene rings is 1. The van der Waals surface area contributed by atoms with Crippen LogP contribution in [0.4, 0.5) is 0 Å². The fraction of sp³-hybridized carbons (Fsp3) is 0.182. The molecule has 0 aliphatic carbocycles. The maximum absolute atomic E-state index is 12.1. The van der Waals surface area contributed by atoms with E-state index in [-0.39, 0.29) is 12.0 Å². The summed E-state index contributed by atoms with van der Waals surface area (Å²) >= 11 is 7.11.